The van der Waals surface area contributed by atoms with Crippen LogP contribution in [0.15, 0.2) is 0 Å². The first-order valence-electron chi connectivity index (χ1n) is 3.73. The lowest BCUT2D eigenvalue weighted by Crippen LogP contribution is -2.38. The number of hydrogen-bond donors (Lipinski definition) is 1. The molecule has 2 N–H and O–H groups in total. The smallest absolute Gasteiger partial charge is 0.219 e. The van der Waals surface area contributed by atoms with Crippen molar-refractivity contribution in [1.29, 1.82) is 0 Å². The van der Waals surface area contributed by atoms with Crippen LogP contribution in [-0.4, -0.2) is 29.9 Å². The van der Waals surface area contributed by atoms with Crippen molar-refractivity contribution in [2.75, 3.05) is 13.1 Å². The number of likely N-dealkylation sites (tertiary alicyclic amines) is 1. The van der Waals surface area contributed by atoms with E-state index in [1.54, 1.807) is 6.92 Å². The Kier molecular flexibility index (Phi) is 2.27. The topological polar surface area (TPSA) is 46.3 Å². The lowest BCUT2D eigenvalue weighted by molar-refractivity contribution is -0.129. The maximum absolute atomic E-state index is 10.9. The second-order valence-electron chi connectivity index (χ2n) is 2.74. The highest BCUT2D eigenvalue weighted by Crippen LogP contribution is 2.15. The van der Waals surface area contributed by atoms with Crippen LogP contribution in [0.1, 0.15) is 19.8 Å². The quantitative estimate of drug-likeness (QED) is 0.558. The molecular weight excluding hydrogens is 128 g/mol. The molecular formula is C7H14N2O. The van der Waals surface area contributed by atoms with Crippen LogP contribution in [0.3, 0.4) is 0 Å². The number of amides is 1. The summed E-state index contributed by atoms with van der Waals surface area (Å²) in [4.78, 5) is 12.7. The van der Waals surface area contributed by atoms with Crippen LogP contribution in [0, 0.1) is 0 Å². The van der Waals surface area contributed by atoms with Crippen LogP contribution < -0.4 is 5.73 Å². The van der Waals surface area contributed by atoms with Crippen molar-refractivity contribution in [2.24, 2.45) is 5.73 Å². The van der Waals surface area contributed by atoms with E-state index in [9.17, 15) is 4.79 Å². The molecule has 1 heterocycles. The maximum atomic E-state index is 10.9. The van der Waals surface area contributed by atoms with Gasteiger partial charge in [0.2, 0.25) is 5.91 Å². The molecule has 1 aliphatic rings. The number of carbonyl (C=O) groups is 1. The van der Waals surface area contributed by atoms with Gasteiger partial charge in [0, 0.05) is 26.1 Å². The largest absolute Gasteiger partial charge is 0.339 e. The lowest BCUT2D eigenvalue weighted by Gasteiger charge is -2.21. The molecule has 0 bridgehead atoms. The van der Waals surface area contributed by atoms with Crippen molar-refractivity contribution in [1.82, 2.24) is 4.90 Å². The number of nitrogens with two attached hydrogens (primary N) is 1. The van der Waals surface area contributed by atoms with Crippen LogP contribution in [0.4, 0.5) is 0 Å². The van der Waals surface area contributed by atoms with Crippen molar-refractivity contribution in [3.8, 4) is 0 Å². The van der Waals surface area contributed by atoms with Gasteiger partial charge in [0.1, 0.15) is 0 Å². The fourth-order valence-electron chi connectivity index (χ4n) is 1.50. The summed E-state index contributed by atoms with van der Waals surface area (Å²) in [6.45, 7) is 3.12. The van der Waals surface area contributed by atoms with Crippen LogP contribution >= 0.6 is 0 Å². The van der Waals surface area contributed by atoms with Gasteiger partial charge in [-0.1, -0.05) is 0 Å². The zero-order chi connectivity index (χ0) is 7.56. The summed E-state index contributed by atoms with van der Waals surface area (Å²) in [5.41, 5.74) is 5.47. The molecule has 0 aromatic rings. The van der Waals surface area contributed by atoms with Crippen molar-refractivity contribution in [3.05, 3.63) is 0 Å². The molecule has 3 heteroatoms. The molecule has 0 radical (unpaired) electrons. The summed E-state index contributed by atoms with van der Waals surface area (Å²) >= 11 is 0. The normalized spacial score (nSPS) is 25.4. The summed E-state index contributed by atoms with van der Waals surface area (Å²) in [6.07, 6.45) is 2.19. The predicted molar refractivity (Wildman–Crippen MR) is 39.5 cm³/mol. The van der Waals surface area contributed by atoms with E-state index in [0.29, 0.717) is 12.6 Å². The first-order valence-corrected chi connectivity index (χ1v) is 3.73. The summed E-state index contributed by atoms with van der Waals surface area (Å²) < 4.78 is 0. The zero-order valence-corrected chi connectivity index (χ0v) is 6.34. The second kappa shape index (κ2) is 3.01. The van der Waals surface area contributed by atoms with E-state index >= 15 is 0 Å². The van der Waals surface area contributed by atoms with E-state index < -0.39 is 0 Å². The highest BCUT2D eigenvalue weighted by Gasteiger charge is 2.24. The molecule has 1 amide bonds. The van der Waals surface area contributed by atoms with Gasteiger partial charge in [-0.25, -0.2) is 0 Å². The Labute approximate surface area is 61.2 Å². The molecule has 0 spiro atoms. The highest BCUT2D eigenvalue weighted by atomic mass is 16.2. The summed E-state index contributed by atoms with van der Waals surface area (Å²) in [7, 11) is 0. The fraction of sp³-hybridized carbons (Fsp3) is 0.857. The predicted octanol–water partition coefficient (Wildman–Crippen LogP) is -0.0440. The molecule has 10 heavy (non-hydrogen) atoms. The molecule has 1 aliphatic heterocycles. The molecule has 0 saturated carbocycles. The van der Waals surface area contributed by atoms with Gasteiger partial charge in [-0.2, -0.15) is 0 Å². The number of rotatable bonds is 1. The van der Waals surface area contributed by atoms with Gasteiger partial charge in [0.25, 0.3) is 0 Å². The van der Waals surface area contributed by atoms with Crippen LogP contribution in [-0.2, 0) is 4.79 Å². The first kappa shape index (κ1) is 7.54. The fourth-order valence-corrected chi connectivity index (χ4v) is 1.50. The van der Waals surface area contributed by atoms with E-state index in [-0.39, 0.29) is 5.91 Å². The van der Waals surface area contributed by atoms with Gasteiger partial charge in [0.05, 0.1) is 0 Å². The minimum absolute atomic E-state index is 0.160. The van der Waals surface area contributed by atoms with Gasteiger partial charge in [0.15, 0.2) is 0 Å². The standard InChI is InChI=1S/C7H14N2O/c1-6(10)9-4-2-3-7(9)5-8/h7H,2-5,8H2,1H3/t7-/m1/s1. The number of hydrogen-bond acceptors (Lipinski definition) is 2. The van der Waals surface area contributed by atoms with Crippen LogP contribution in [0.2, 0.25) is 0 Å². The van der Waals surface area contributed by atoms with Gasteiger partial charge in [-0.3, -0.25) is 4.79 Å². The van der Waals surface area contributed by atoms with E-state index in [1.165, 1.54) is 0 Å². The Hall–Kier alpha value is -0.570. The average molecular weight is 142 g/mol. The van der Waals surface area contributed by atoms with Crippen molar-refractivity contribution >= 4 is 5.91 Å². The average Bonchev–Trinajstić information content (AvgIpc) is 2.33. The molecule has 0 aliphatic carbocycles. The van der Waals surface area contributed by atoms with Crippen LogP contribution in [0.5, 0.6) is 0 Å². The second-order valence-corrected chi connectivity index (χ2v) is 2.74. The van der Waals surface area contributed by atoms with Gasteiger partial charge in [-0.05, 0) is 12.8 Å². The molecule has 1 fully saturated rings. The molecule has 1 atom stereocenters. The molecule has 0 aromatic carbocycles. The van der Waals surface area contributed by atoms with Crippen LogP contribution in [0.25, 0.3) is 0 Å². The lowest BCUT2D eigenvalue weighted by atomic mass is 10.2. The number of carbonyl (C=O) groups excluding carboxylic acids is 1. The molecule has 3 nitrogen and oxygen atoms in total. The van der Waals surface area contributed by atoms with E-state index in [2.05, 4.69) is 0 Å². The number of nitrogens with zero attached hydrogens (tertiary/aromatic N) is 1. The minimum Gasteiger partial charge on any atom is -0.339 e. The molecule has 0 unspecified atom stereocenters. The monoisotopic (exact) mass is 142 g/mol. The molecule has 1 saturated heterocycles. The van der Waals surface area contributed by atoms with Gasteiger partial charge in [-0.15, -0.1) is 0 Å². The zero-order valence-electron chi connectivity index (χ0n) is 6.34. The van der Waals surface area contributed by atoms with Crippen molar-refractivity contribution < 1.29 is 4.79 Å². The molecule has 58 valence electrons. The Morgan fingerprint density at radius 3 is 2.90 bits per heavy atom. The third-order valence-corrected chi connectivity index (χ3v) is 2.05. The maximum Gasteiger partial charge on any atom is 0.219 e. The van der Waals surface area contributed by atoms with Crippen molar-refractivity contribution in [3.63, 3.8) is 0 Å². The Morgan fingerprint density at radius 1 is 1.80 bits per heavy atom. The Balaban J connectivity index is 2.50. The van der Waals surface area contributed by atoms with Crippen molar-refractivity contribution in [2.45, 2.75) is 25.8 Å². The van der Waals surface area contributed by atoms with E-state index in [4.69, 9.17) is 5.73 Å². The summed E-state index contributed by atoms with van der Waals surface area (Å²) in [5, 5.41) is 0. The third-order valence-electron chi connectivity index (χ3n) is 2.05. The Morgan fingerprint density at radius 2 is 2.50 bits per heavy atom. The SMILES string of the molecule is CC(=O)N1CCC[C@@H]1CN. The summed E-state index contributed by atoms with van der Waals surface area (Å²) in [5.74, 6) is 0.160. The highest BCUT2D eigenvalue weighted by molar-refractivity contribution is 5.73. The Bertz CT molecular complexity index is 136. The molecule has 1 rings (SSSR count). The summed E-state index contributed by atoms with van der Waals surface area (Å²) in [6, 6.07) is 0.317. The van der Waals surface area contributed by atoms with E-state index in [0.717, 1.165) is 19.4 Å². The third kappa shape index (κ3) is 1.29. The minimum atomic E-state index is 0.160. The van der Waals surface area contributed by atoms with Gasteiger partial charge >= 0.3 is 0 Å². The molecule has 0 aromatic heterocycles. The van der Waals surface area contributed by atoms with Gasteiger partial charge < -0.3 is 10.6 Å². The van der Waals surface area contributed by atoms with E-state index in [1.807, 2.05) is 4.90 Å². The first-order chi connectivity index (χ1) is 4.75.